The molecule has 210 valence electrons. The fourth-order valence-corrected chi connectivity index (χ4v) is 6.59. The Balaban J connectivity index is 3.32. The van der Waals surface area contributed by atoms with E-state index in [1.54, 1.807) is 0 Å². The first kappa shape index (κ1) is 33.7. The van der Waals surface area contributed by atoms with Gasteiger partial charge in [0.15, 0.2) is 25.0 Å². The normalized spacial score (nSPS) is 16.2. The Kier molecular flexibility index (Phi) is 11.5. The largest absolute Gasteiger partial charge is 0.414 e. The molecule has 0 aliphatic rings. The molecular formula is C29H58O4Si3. The molecule has 4 nitrogen and oxygen atoms in total. The summed E-state index contributed by atoms with van der Waals surface area (Å²) in [6.07, 6.45) is -0.363. The van der Waals surface area contributed by atoms with Gasteiger partial charge in [-0.3, -0.25) is 0 Å². The van der Waals surface area contributed by atoms with Crippen LogP contribution in [0.4, 0.5) is 0 Å². The fraction of sp³-hybridized carbons (Fsp3) is 0.793. The Morgan fingerprint density at radius 2 is 0.972 bits per heavy atom. The Morgan fingerprint density at radius 3 is 1.36 bits per heavy atom. The van der Waals surface area contributed by atoms with Crippen molar-refractivity contribution in [1.29, 1.82) is 0 Å². The van der Waals surface area contributed by atoms with Crippen LogP contribution in [0, 0.1) is 0 Å². The Bertz CT molecular complexity index is 787. The van der Waals surface area contributed by atoms with Gasteiger partial charge in [-0.05, 0) is 60.0 Å². The molecule has 1 rings (SSSR count). The van der Waals surface area contributed by atoms with Crippen LogP contribution in [0.3, 0.4) is 0 Å². The maximum Gasteiger partial charge on any atom is 0.192 e. The summed E-state index contributed by atoms with van der Waals surface area (Å²) in [5, 5.41) is 0.315. The third-order valence-corrected chi connectivity index (χ3v) is 22.2. The number of benzene rings is 1. The molecule has 7 heteroatoms. The lowest BCUT2D eigenvalue weighted by Gasteiger charge is -2.46. The first-order valence-corrected chi connectivity index (χ1v) is 22.3. The van der Waals surface area contributed by atoms with Crippen LogP contribution < -0.4 is 0 Å². The standard InChI is InChI=1S/C29H58O4Si3/c1-27(2,3)34(10,11)31-23-26(33-36(14,15)29(7,8)9)25(32-35(12,13)28(4,5)6)22-30-21-24-19-17-16-18-20-24/h16-20,25-26H,21-23H2,1-15H3/t25-,26+/m0/s1. The molecular weight excluding hydrogens is 497 g/mol. The van der Waals surface area contributed by atoms with Crippen molar-refractivity contribution in [2.24, 2.45) is 0 Å². The topological polar surface area (TPSA) is 36.9 Å². The molecule has 36 heavy (non-hydrogen) atoms. The van der Waals surface area contributed by atoms with Gasteiger partial charge in [-0.1, -0.05) is 92.6 Å². The van der Waals surface area contributed by atoms with Crippen LogP contribution in [0.1, 0.15) is 67.9 Å². The molecule has 0 aliphatic carbocycles. The van der Waals surface area contributed by atoms with E-state index in [0.717, 1.165) is 0 Å². The lowest BCUT2D eigenvalue weighted by atomic mass is 10.2. The van der Waals surface area contributed by atoms with Crippen molar-refractivity contribution in [1.82, 2.24) is 0 Å². The Hall–Kier alpha value is -0.289. The third kappa shape index (κ3) is 9.79. The highest BCUT2D eigenvalue weighted by atomic mass is 28.4. The van der Waals surface area contributed by atoms with Crippen molar-refractivity contribution in [3.63, 3.8) is 0 Å². The van der Waals surface area contributed by atoms with Crippen molar-refractivity contribution < 1.29 is 18.0 Å². The quantitative estimate of drug-likeness (QED) is 0.242. The van der Waals surface area contributed by atoms with Crippen LogP contribution in [-0.2, 0) is 24.6 Å². The zero-order valence-corrected chi connectivity index (χ0v) is 29.3. The second-order valence-electron chi connectivity index (χ2n) is 14.9. The molecule has 1 aromatic rings. The van der Waals surface area contributed by atoms with Gasteiger partial charge in [-0.15, -0.1) is 0 Å². The minimum absolute atomic E-state index is 0.0898. The molecule has 0 N–H and O–H groups in total. The molecule has 1 aromatic carbocycles. The molecule has 0 radical (unpaired) electrons. The summed E-state index contributed by atoms with van der Waals surface area (Å²) in [7, 11) is -6.13. The number of ether oxygens (including phenoxy) is 1. The van der Waals surface area contributed by atoms with Crippen LogP contribution in [0.5, 0.6) is 0 Å². The van der Waals surface area contributed by atoms with Crippen LogP contribution in [0.25, 0.3) is 0 Å². The molecule has 2 atom stereocenters. The second-order valence-corrected chi connectivity index (χ2v) is 29.2. The summed E-state index contributed by atoms with van der Waals surface area (Å²) < 4.78 is 27.2. The highest BCUT2D eigenvalue weighted by Crippen LogP contribution is 2.41. The highest BCUT2D eigenvalue weighted by Gasteiger charge is 2.46. The molecule has 0 fully saturated rings. The predicted molar refractivity (Wildman–Crippen MR) is 163 cm³/mol. The molecule has 0 saturated heterocycles. The van der Waals surface area contributed by atoms with Gasteiger partial charge in [0.2, 0.25) is 0 Å². The summed E-state index contributed by atoms with van der Waals surface area (Å²) in [5.41, 5.74) is 1.17. The molecule has 0 saturated carbocycles. The zero-order valence-electron chi connectivity index (χ0n) is 26.3. The maximum absolute atomic E-state index is 7.09. The maximum atomic E-state index is 7.09. The average molecular weight is 555 g/mol. The van der Waals surface area contributed by atoms with Gasteiger partial charge in [-0.2, -0.15) is 0 Å². The van der Waals surface area contributed by atoms with Crippen molar-refractivity contribution in [3.8, 4) is 0 Å². The SMILES string of the molecule is CC(C)(C)[Si](C)(C)OC[C@@H](O[Si](C)(C)C(C)(C)C)[C@H](COCc1ccccc1)O[Si](C)(C)C(C)(C)C. The molecule has 0 bridgehead atoms. The van der Waals surface area contributed by atoms with Gasteiger partial charge in [0, 0.05) is 0 Å². The van der Waals surface area contributed by atoms with Crippen molar-refractivity contribution in [2.45, 2.75) is 136 Å². The van der Waals surface area contributed by atoms with Crippen molar-refractivity contribution in [3.05, 3.63) is 35.9 Å². The van der Waals surface area contributed by atoms with E-state index in [1.807, 2.05) is 6.07 Å². The average Bonchev–Trinajstić information content (AvgIpc) is 2.68. The van der Waals surface area contributed by atoms with Gasteiger partial charge in [0.25, 0.3) is 0 Å². The zero-order chi connectivity index (χ0) is 28.2. The summed E-state index contributed by atoms with van der Waals surface area (Å²) >= 11 is 0. The molecule has 0 amide bonds. The monoisotopic (exact) mass is 554 g/mol. The van der Waals surface area contributed by atoms with E-state index in [-0.39, 0.29) is 27.3 Å². The molecule has 0 spiro atoms. The van der Waals surface area contributed by atoms with Crippen molar-refractivity contribution in [2.75, 3.05) is 13.2 Å². The summed E-state index contributed by atoms with van der Waals surface area (Å²) in [5.74, 6) is 0. The van der Waals surface area contributed by atoms with Crippen LogP contribution >= 0.6 is 0 Å². The van der Waals surface area contributed by atoms with E-state index >= 15 is 0 Å². The van der Waals surface area contributed by atoms with Gasteiger partial charge >= 0.3 is 0 Å². The minimum atomic E-state index is -2.08. The number of rotatable bonds is 12. The Morgan fingerprint density at radius 1 is 0.583 bits per heavy atom. The first-order valence-electron chi connectivity index (χ1n) is 13.6. The van der Waals surface area contributed by atoms with E-state index in [0.29, 0.717) is 19.8 Å². The van der Waals surface area contributed by atoms with E-state index in [4.69, 9.17) is 18.0 Å². The van der Waals surface area contributed by atoms with Crippen molar-refractivity contribution >= 4 is 25.0 Å². The highest BCUT2D eigenvalue weighted by molar-refractivity contribution is 6.75. The van der Waals surface area contributed by atoms with Gasteiger partial charge in [0.1, 0.15) is 0 Å². The van der Waals surface area contributed by atoms with Crippen LogP contribution in [0.15, 0.2) is 30.3 Å². The van der Waals surface area contributed by atoms with E-state index in [9.17, 15) is 0 Å². The van der Waals surface area contributed by atoms with Gasteiger partial charge < -0.3 is 18.0 Å². The Labute approximate surface area is 227 Å². The lowest BCUT2D eigenvalue weighted by molar-refractivity contribution is -0.0458. The minimum Gasteiger partial charge on any atom is -0.414 e. The molecule has 0 aromatic heterocycles. The predicted octanol–water partition coefficient (Wildman–Crippen LogP) is 9.01. The van der Waals surface area contributed by atoms with E-state index < -0.39 is 25.0 Å². The summed E-state index contributed by atoms with van der Waals surface area (Å²) in [6.45, 7) is 36.1. The molecule has 0 unspecified atom stereocenters. The van der Waals surface area contributed by atoms with E-state index in [2.05, 4.69) is 126 Å². The van der Waals surface area contributed by atoms with Crippen LogP contribution in [-0.4, -0.2) is 50.4 Å². The van der Waals surface area contributed by atoms with Gasteiger partial charge in [-0.25, -0.2) is 0 Å². The third-order valence-electron chi connectivity index (χ3n) is 8.73. The number of hydrogen-bond acceptors (Lipinski definition) is 4. The molecule has 0 heterocycles. The van der Waals surface area contributed by atoms with Gasteiger partial charge in [0.05, 0.1) is 32.0 Å². The summed E-state index contributed by atoms with van der Waals surface area (Å²) in [6, 6.07) is 10.4. The van der Waals surface area contributed by atoms with Crippen LogP contribution in [0.2, 0.25) is 54.4 Å². The van der Waals surface area contributed by atoms with E-state index in [1.165, 1.54) is 5.56 Å². The fourth-order valence-electron chi connectivity index (χ4n) is 2.92. The summed E-state index contributed by atoms with van der Waals surface area (Å²) in [4.78, 5) is 0. The second kappa shape index (κ2) is 12.3. The lowest BCUT2D eigenvalue weighted by Crippen LogP contribution is -2.55. The number of hydrogen-bond donors (Lipinski definition) is 0. The smallest absolute Gasteiger partial charge is 0.192 e. The molecule has 0 aliphatic heterocycles. The first-order chi connectivity index (χ1) is 16.0.